The zero-order valence-corrected chi connectivity index (χ0v) is 33.1. The summed E-state index contributed by atoms with van der Waals surface area (Å²) in [6.07, 6.45) is 41.8. The molecule has 0 saturated carbocycles. The number of aliphatic carboxylic acids is 1. The van der Waals surface area contributed by atoms with Gasteiger partial charge in [0.1, 0.15) is 12.1 Å². The van der Waals surface area contributed by atoms with Gasteiger partial charge < -0.3 is 25.6 Å². The summed E-state index contributed by atoms with van der Waals surface area (Å²) in [5.74, 6) is -2.40. The highest BCUT2D eigenvalue weighted by molar-refractivity contribution is 5.87. The molecule has 9 heteroatoms. The minimum absolute atomic E-state index is 0.119. The van der Waals surface area contributed by atoms with E-state index in [0.29, 0.717) is 12.8 Å². The first kappa shape index (κ1) is 49.1. The average molecular weight is 733 g/mol. The zero-order chi connectivity index (χ0) is 38.3. The number of ether oxygens (including phenoxy) is 1. The highest BCUT2D eigenvalue weighted by Crippen LogP contribution is 2.15. The van der Waals surface area contributed by atoms with Gasteiger partial charge in [0.05, 0.1) is 13.2 Å². The van der Waals surface area contributed by atoms with Gasteiger partial charge in [-0.3, -0.25) is 14.4 Å². The number of carboxylic acid groups (broad SMARTS) is 1. The van der Waals surface area contributed by atoms with E-state index < -0.39 is 24.5 Å². The number of hydrogen-bond acceptors (Lipinski definition) is 6. The van der Waals surface area contributed by atoms with Gasteiger partial charge in [0.2, 0.25) is 11.8 Å². The van der Waals surface area contributed by atoms with Crippen molar-refractivity contribution in [1.82, 2.24) is 10.6 Å². The third kappa shape index (κ3) is 34.2. The van der Waals surface area contributed by atoms with Crippen LogP contribution in [-0.2, 0) is 23.9 Å². The molecule has 52 heavy (non-hydrogen) atoms. The van der Waals surface area contributed by atoms with Gasteiger partial charge in [0, 0.05) is 12.8 Å². The Hall–Kier alpha value is -2.94. The Bertz CT molecular complexity index is 979. The summed E-state index contributed by atoms with van der Waals surface area (Å²) in [7, 11) is 0. The molecule has 0 saturated heterocycles. The zero-order valence-electron chi connectivity index (χ0n) is 33.1. The van der Waals surface area contributed by atoms with Crippen molar-refractivity contribution < 1.29 is 34.1 Å². The predicted molar refractivity (Wildman–Crippen MR) is 213 cm³/mol. The number of amides is 2. The van der Waals surface area contributed by atoms with Crippen molar-refractivity contribution in [3.63, 3.8) is 0 Å². The Balaban J connectivity index is 4.26. The second kappa shape index (κ2) is 37.8. The predicted octanol–water partition coefficient (Wildman–Crippen LogP) is 9.82. The number of carbonyl (C=O) groups excluding carboxylic acids is 3. The molecule has 0 heterocycles. The number of carboxylic acids is 1. The largest absolute Gasteiger partial charge is 0.480 e. The Morgan fingerprint density at radius 3 is 1.69 bits per heavy atom. The van der Waals surface area contributed by atoms with Crippen LogP contribution in [0.25, 0.3) is 0 Å². The monoisotopic (exact) mass is 733 g/mol. The number of hydrogen-bond donors (Lipinski definition) is 4. The van der Waals surface area contributed by atoms with E-state index >= 15 is 0 Å². The molecule has 2 amide bonds. The number of unbranched alkanes of at least 4 members (excludes halogenated alkanes) is 19. The van der Waals surface area contributed by atoms with Crippen LogP contribution in [0.5, 0.6) is 0 Å². The molecule has 0 rings (SSSR count). The van der Waals surface area contributed by atoms with Crippen LogP contribution < -0.4 is 10.6 Å². The molecule has 9 nitrogen and oxygen atoms in total. The maximum atomic E-state index is 12.7. The van der Waals surface area contributed by atoms with Crippen molar-refractivity contribution in [2.45, 2.75) is 199 Å². The fourth-order valence-electron chi connectivity index (χ4n) is 5.83. The van der Waals surface area contributed by atoms with E-state index in [2.05, 4.69) is 60.9 Å². The Morgan fingerprint density at radius 1 is 0.596 bits per heavy atom. The first-order valence-electron chi connectivity index (χ1n) is 20.9. The van der Waals surface area contributed by atoms with Crippen LogP contribution >= 0.6 is 0 Å². The SMILES string of the molecule is CCCCC/C=C\C/C=C\CCCCCCCCCC(=O)OC(/C=C\CCCCCCCC)CCCCCCC(=O)NCC(=O)NC(CO)C(=O)O. The van der Waals surface area contributed by atoms with Crippen LogP contribution in [0.4, 0.5) is 0 Å². The lowest BCUT2D eigenvalue weighted by molar-refractivity contribution is -0.147. The van der Waals surface area contributed by atoms with Crippen molar-refractivity contribution in [3.05, 3.63) is 36.5 Å². The summed E-state index contributed by atoms with van der Waals surface area (Å²) >= 11 is 0. The molecule has 0 aliphatic carbocycles. The number of esters is 1. The van der Waals surface area contributed by atoms with E-state index in [1.165, 1.54) is 83.5 Å². The molecule has 0 aromatic heterocycles. The highest BCUT2D eigenvalue weighted by Gasteiger charge is 2.18. The summed E-state index contributed by atoms with van der Waals surface area (Å²) in [5, 5.41) is 22.5. The maximum Gasteiger partial charge on any atom is 0.328 e. The minimum atomic E-state index is -1.39. The summed E-state index contributed by atoms with van der Waals surface area (Å²) in [5.41, 5.74) is 0. The number of aliphatic hydroxyl groups excluding tert-OH is 1. The van der Waals surface area contributed by atoms with Crippen LogP contribution in [0.1, 0.15) is 187 Å². The van der Waals surface area contributed by atoms with Gasteiger partial charge in [-0.2, -0.15) is 0 Å². The summed E-state index contributed by atoms with van der Waals surface area (Å²) in [4.78, 5) is 47.5. The number of allylic oxidation sites excluding steroid dienone is 5. The second-order valence-corrected chi connectivity index (χ2v) is 14.1. The molecule has 0 aromatic carbocycles. The van der Waals surface area contributed by atoms with Crippen molar-refractivity contribution >= 4 is 23.8 Å². The molecule has 0 aliphatic rings. The van der Waals surface area contributed by atoms with Crippen LogP contribution in [0.2, 0.25) is 0 Å². The van der Waals surface area contributed by atoms with Gasteiger partial charge in [-0.05, 0) is 76.7 Å². The fraction of sp³-hybridized carbons (Fsp3) is 0.767. The van der Waals surface area contributed by atoms with Gasteiger partial charge in [-0.25, -0.2) is 4.79 Å². The van der Waals surface area contributed by atoms with Crippen molar-refractivity contribution in [1.29, 1.82) is 0 Å². The van der Waals surface area contributed by atoms with Crippen LogP contribution in [-0.4, -0.2) is 59.3 Å². The topological polar surface area (TPSA) is 142 Å². The Kier molecular flexibility index (Phi) is 35.7. The molecular formula is C43H76N2O7. The Morgan fingerprint density at radius 2 is 1.10 bits per heavy atom. The quantitative estimate of drug-likeness (QED) is 0.0283. The summed E-state index contributed by atoms with van der Waals surface area (Å²) in [6, 6.07) is -1.39. The number of carbonyl (C=O) groups is 4. The normalized spacial score (nSPS) is 12.8. The molecule has 0 spiro atoms. The van der Waals surface area contributed by atoms with Crippen molar-refractivity contribution in [2.75, 3.05) is 13.2 Å². The lowest BCUT2D eigenvalue weighted by Gasteiger charge is -2.15. The third-order valence-corrected chi connectivity index (χ3v) is 9.09. The molecule has 2 atom stereocenters. The van der Waals surface area contributed by atoms with Crippen molar-refractivity contribution in [2.24, 2.45) is 0 Å². The van der Waals surface area contributed by atoms with Gasteiger partial charge in [0.15, 0.2) is 0 Å². The van der Waals surface area contributed by atoms with E-state index in [1.807, 2.05) is 0 Å². The minimum Gasteiger partial charge on any atom is -0.480 e. The first-order chi connectivity index (χ1) is 25.3. The highest BCUT2D eigenvalue weighted by atomic mass is 16.5. The van der Waals surface area contributed by atoms with Crippen LogP contribution in [0.15, 0.2) is 36.5 Å². The third-order valence-electron chi connectivity index (χ3n) is 9.09. The molecule has 0 aliphatic heterocycles. The first-order valence-corrected chi connectivity index (χ1v) is 20.9. The average Bonchev–Trinajstić information content (AvgIpc) is 3.13. The number of aliphatic hydroxyl groups is 1. The molecule has 0 bridgehead atoms. The van der Waals surface area contributed by atoms with Crippen LogP contribution in [0, 0.1) is 0 Å². The number of nitrogens with one attached hydrogen (secondary N) is 2. The van der Waals surface area contributed by atoms with E-state index in [4.69, 9.17) is 14.9 Å². The van der Waals surface area contributed by atoms with E-state index in [0.717, 1.165) is 70.6 Å². The van der Waals surface area contributed by atoms with Crippen molar-refractivity contribution in [3.8, 4) is 0 Å². The second-order valence-electron chi connectivity index (χ2n) is 14.1. The smallest absolute Gasteiger partial charge is 0.328 e. The molecule has 4 N–H and O–H groups in total. The van der Waals surface area contributed by atoms with Gasteiger partial charge in [0.25, 0.3) is 0 Å². The number of rotatable bonds is 37. The maximum absolute atomic E-state index is 12.7. The fourth-order valence-corrected chi connectivity index (χ4v) is 5.83. The summed E-state index contributed by atoms with van der Waals surface area (Å²) < 4.78 is 5.90. The Labute approximate surface area is 316 Å². The molecule has 0 radical (unpaired) electrons. The van der Waals surface area contributed by atoms with E-state index in [1.54, 1.807) is 0 Å². The summed E-state index contributed by atoms with van der Waals surface area (Å²) in [6.45, 7) is 3.41. The van der Waals surface area contributed by atoms with E-state index in [-0.39, 0.29) is 30.9 Å². The van der Waals surface area contributed by atoms with Crippen LogP contribution in [0.3, 0.4) is 0 Å². The molecule has 0 fully saturated rings. The molecule has 300 valence electrons. The van der Waals surface area contributed by atoms with Gasteiger partial charge >= 0.3 is 11.9 Å². The van der Waals surface area contributed by atoms with Gasteiger partial charge in [-0.15, -0.1) is 0 Å². The molecule has 2 unspecified atom stereocenters. The lowest BCUT2D eigenvalue weighted by atomic mass is 10.1. The van der Waals surface area contributed by atoms with Gasteiger partial charge in [-0.1, -0.05) is 134 Å². The molecule has 0 aromatic rings. The van der Waals surface area contributed by atoms with E-state index in [9.17, 15) is 19.2 Å². The lowest BCUT2D eigenvalue weighted by Crippen LogP contribution is -2.47. The molecular weight excluding hydrogens is 656 g/mol. The standard InChI is InChI=1S/C43H76N2O7/c1-3-5-7-9-11-13-14-15-16-17-18-19-20-21-23-25-31-35-42(49)52-38(32-28-24-22-12-10-8-6-4-2)33-29-26-27-30-34-40(47)44-36-41(48)45-39(37-46)43(50)51/h11,13,15-16,28,32,38-39,46H,3-10,12,14,17-27,29-31,33-37H2,1-2H3,(H,44,47)(H,45,48)(H,50,51)/b13-11-,16-15-,32-28-.